The molecule has 0 saturated carbocycles. The standard InChI is InChI=1S/C11H12BrN3/c1-2-3-9-8-6-7(12)4-5-10(8)15-11(13)14-9/h4-6H,2-3H2,1H3,(H2,13,14,15). The zero-order valence-electron chi connectivity index (χ0n) is 8.50. The number of nitrogens with zero attached hydrogens (tertiary/aromatic N) is 2. The van der Waals surface area contributed by atoms with E-state index in [1.807, 2.05) is 18.2 Å². The smallest absolute Gasteiger partial charge is 0.220 e. The minimum Gasteiger partial charge on any atom is -0.368 e. The van der Waals surface area contributed by atoms with Crippen molar-refractivity contribution < 1.29 is 0 Å². The number of rotatable bonds is 2. The van der Waals surface area contributed by atoms with Gasteiger partial charge in [0.25, 0.3) is 0 Å². The molecular weight excluding hydrogens is 254 g/mol. The Labute approximate surface area is 96.9 Å². The van der Waals surface area contributed by atoms with Crippen LogP contribution in [0.15, 0.2) is 22.7 Å². The Morgan fingerprint density at radius 3 is 2.87 bits per heavy atom. The molecule has 0 aliphatic rings. The first-order valence-electron chi connectivity index (χ1n) is 4.92. The molecule has 2 rings (SSSR count). The molecule has 1 aromatic heterocycles. The molecule has 0 aliphatic carbocycles. The first kappa shape index (κ1) is 10.4. The molecule has 4 heteroatoms. The number of anilines is 1. The highest BCUT2D eigenvalue weighted by atomic mass is 79.9. The van der Waals surface area contributed by atoms with E-state index in [1.165, 1.54) is 0 Å². The quantitative estimate of drug-likeness (QED) is 0.909. The van der Waals surface area contributed by atoms with Crippen molar-refractivity contribution >= 4 is 32.8 Å². The predicted octanol–water partition coefficient (Wildman–Crippen LogP) is 2.93. The summed E-state index contributed by atoms with van der Waals surface area (Å²) in [5.41, 5.74) is 7.60. The van der Waals surface area contributed by atoms with Crippen LogP contribution in [-0.2, 0) is 6.42 Å². The molecule has 0 radical (unpaired) electrons. The van der Waals surface area contributed by atoms with Crippen LogP contribution in [-0.4, -0.2) is 9.97 Å². The highest BCUT2D eigenvalue weighted by Gasteiger charge is 2.05. The lowest BCUT2D eigenvalue weighted by Gasteiger charge is -2.05. The number of halogens is 1. The van der Waals surface area contributed by atoms with Crippen molar-refractivity contribution in [1.29, 1.82) is 0 Å². The molecule has 0 saturated heterocycles. The van der Waals surface area contributed by atoms with Gasteiger partial charge < -0.3 is 5.73 Å². The fraction of sp³-hybridized carbons (Fsp3) is 0.273. The molecule has 0 fully saturated rings. The van der Waals surface area contributed by atoms with Crippen molar-refractivity contribution in [3.05, 3.63) is 28.4 Å². The maximum absolute atomic E-state index is 5.66. The Bertz CT molecular complexity index is 496. The van der Waals surface area contributed by atoms with E-state index < -0.39 is 0 Å². The lowest BCUT2D eigenvalue weighted by Crippen LogP contribution is -2.00. The van der Waals surface area contributed by atoms with E-state index in [0.29, 0.717) is 5.95 Å². The number of hydrogen-bond donors (Lipinski definition) is 1. The summed E-state index contributed by atoms with van der Waals surface area (Å²) in [6, 6.07) is 5.96. The molecule has 1 heterocycles. The zero-order valence-corrected chi connectivity index (χ0v) is 10.1. The third kappa shape index (κ3) is 2.09. The van der Waals surface area contributed by atoms with E-state index in [-0.39, 0.29) is 0 Å². The molecule has 15 heavy (non-hydrogen) atoms. The Morgan fingerprint density at radius 2 is 2.13 bits per heavy atom. The molecule has 0 amide bonds. The van der Waals surface area contributed by atoms with E-state index in [4.69, 9.17) is 5.73 Å². The second kappa shape index (κ2) is 4.14. The van der Waals surface area contributed by atoms with E-state index in [0.717, 1.165) is 33.9 Å². The number of aromatic nitrogens is 2. The molecule has 0 aliphatic heterocycles. The van der Waals surface area contributed by atoms with Crippen LogP contribution in [0.4, 0.5) is 5.95 Å². The second-order valence-electron chi connectivity index (χ2n) is 3.44. The highest BCUT2D eigenvalue weighted by Crippen LogP contribution is 2.22. The Balaban J connectivity index is 2.70. The molecule has 0 atom stereocenters. The first-order valence-corrected chi connectivity index (χ1v) is 5.71. The van der Waals surface area contributed by atoms with Gasteiger partial charge in [-0.25, -0.2) is 9.97 Å². The average Bonchev–Trinajstić information content (AvgIpc) is 2.19. The Hall–Kier alpha value is -1.16. The maximum atomic E-state index is 5.66. The first-order chi connectivity index (χ1) is 7.20. The van der Waals surface area contributed by atoms with Gasteiger partial charge in [0.2, 0.25) is 5.95 Å². The second-order valence-corrected chi connectivity index (χ2v) is 4.36. The zero-order chi connectivity index (χ0) is 10.8. The van der Waals surface area contributed by atoms with Gasteiger partial charge >= 0.3 is 0 Å². The largest absolute Gasteiger partial charge is 0.368 e. The monoisotopic (exact) mass is 265 g/mol. The van der Waals surface area contributed by atoms with Crippen molar-refractivity contribution in [3.8, 4) is 0 Å². The number of benzene rings is 1. The average molecular weight is 266 g/mol. The normalized spacial score (nSPS) is 10.8. The van der Waals surface area contributed by atoms with Crippen LogP contribution in [0.2, 0.25) is 0 Å². The molecule has 0 spiro atoms. The van der Waals surface area contributed by atoms with Gasteiger partial charge in [-0.2, -0.15) is 0 Å². The minimum atomic E-state index is 0.355. The molecule has 1 aromatic carbocycles. The van der Waals surface area contributed by atoms with Crippen molar-refractivity contribution in [2.24, 2.45) is 0 Å². The van der Waals surface area contributed by atoms with Crippen LogP contribution < -0.4 is 5.73 Å². The van der Waals surface area contributed by atoms with Crippen LogP contribution in [0, 0.1) is 0 Å². The molecule has 0 bridgehead atoms. The topological polar surface area (TPSA) is 51.8 Å². The lowest BCUT2D eigenvalue weighted by molar-refractivity contribution is 0.890. The summed E-state index contributed by atoms with van der Waals surface area (Å²) in [6.45, 7) is 2.13. The Kier molecular flexibility index (Phi) is 2.86. The predicted molar refractivity (Wildman–Crippen MR) is 65.6 cm³/mol. The van der Waals surface area contributed by atoms with E-state index >= 15 is 0 Å². The van der Waals surface area contributed by atoms with Crippen molar-refractivity contribution in [1.82, 2.24) is 9.97 Å². The van der Waals surface area contributed by atoms with Gasteiger partial charge in [-0.05, 0) is 24.6 Å². The number of aryl methyl sites for hydroxylation is 1. The summed E-state index contributed by atoms with van der Waals surface area (Å²) in [7, 11) is 0. The van der Waals surface area contributed by atoms with Gasteiger partial charge in [-0.15, -0.1) is 0 Å². The number of nitrogen functional groups attached to an aromatic ring is 1. The number of fused-ring (bicyclic) bond motifs is 1. The van der Waals surface area contributed by atoms with Crippen LogP contribution in [0.25, 0.3) is 10.9 Å². The highest BCUT2D eigenvalue weighted by molar-refractivity contribution is 9.10. The van der Waals surface area contributed by atoms with Crippen molar-refractivity contribution in [2.75, 3.05) is 5.73 Å². The molecule has 2 aromatic rings. The summed E-state index contributed by atoms with van der Waals surface area (Å²) >= 11 is 3.45. The third-order valence-corrected chi connectivity index (χ3v) is 2.73. The van der Waals surface area contributed by atoms with Crippen LogP contribution >= 0.6 is 15.9 Å². The van der Waals surface area contributed by atoms with Gasteiger partial charge in [0.05, 0.1) is 11.2 Å². The summed E-state index contributed by atoms with van der Waals surface area (Å²) in [5.74, 6) is 0.355. The minimum absolute atomic E-state index is 0.355. The fourth-order valence-corrected chi connectivity index (χ4v) is 1.97. The summed E-state index contributed by atoms with van der Waals surface area (Å²) < 4.78 is 1.04. The molecule has 78 valence electrons. The SMILES string of the molecule is CCCc1nc(N)nc2ccc(Br)cc12. The van der Waals surface area contributed by atoms with Gasteiger partial charge in [0.15, 0.2) is 0 Å². The van der Waals surface area contributed by atoms with E-state index in [9.17, 15) is 0 Å². The van der Waals surface area contributed by atoms with Crippen molar-refractivity contribution in [2.45, 2.75) is 19.8 Å². The summed E-state index contributed by atoms with van der Waals surface area (Å²) in [5, 5.41) is 1.08. The molecule has 3 nitrogen and oxygen atoms in total. The van der Waals surface area contributed by atoms with Gasteiger partial charge in [0, 0.05) is 9.86 Å². The fourth-order valence-electron chi connectivity index (χ4n) is 1.61. The van der Waals surface area contributed by atoms with Gasteiger partial charge in [0.1, 0.15) is 0 Å². The molecular formula is C11H12BrN3. The number of nitrogens with two attached hydrogens (primary N) is 1. The van der Waals surface area contributed by atoms with E-state index in [1.54, 1.807) is 0 Å². The summed E-state index contributed by atoms with van der Waals surface area (Å²) in [6.07, 6.45) is 1.98. The van der Waals surface area contributed by atoms with Crippen LogP contribution in [0.3, 0.4) is 0 Å². The van der Waals surface area contributed by atoms with Gasteiger partial charge in [-0.3, -0.25) is 0 Å². The number of hydrogen-bond acceptors (Lipinski definition) is 3. The van der Waals surface area contributed by atoms with Crippen molar-refractivity contribution in [3.63, 3.8) is 0 Å². The van der Waals surface area contributed by atoms with Gasteiger partial charge in [-0.1, -0.05) is 29.3 Å². The van der Waals surface area contributed by atoms with Crippen LogP contribution in [0.5, 0.6) is 0 Å². The molecule has 2 N–H and O–H groups in total. The summed E-state index contributed by atoms with van der Waals surface area (Å²) in [4.78, 5) is 8.48. The Morgan fingerprint density at radius 1 is 1.33 bits per heavy atom. The lowest BCUT2D eigenvalue weighted by atomic mass is 10.1. The van der Waals surface area contributed by atoms with E-state index in [2.05, 4.69) is 32.8 Å². The van der Waals surface area contributed by atoms with Crippen LogP contribution in [0.1, 0.15) is 19.0 Å². The maximum Gasteiger partial charge on any atom is 0.220 e. The molecule has 0 unspecified atom stereocenters. The third-order valence-electron chi connectivity index (χ3n) is 2.24.